The Labute approximate surface area is 242 Å². The summed E-state index contributed by atoms with van der Waals surface area (Å²) >= 11 is 0. The average Bonchev–Trinajstić information content (AvgIpc) is 3.10. The van der Waals surface area contributed by atoms with Crippen LogP contribution >= 0.6 is 0 Å². The molecule has 0 amide bonds. The largest absolute Gasteiger partial charge is 0.246 e. The number of hydrogen-bond acceptors (Lipinski definition) is 2. The number of nitrogens with zero attached hydrogens (tertiary/aromatic N) is 2. The molecule has 2 heteroatoms. The van der Waals surface area contributed by atoms with Crippen LogP contribution in [0.15, 0.2) is 58.5 Å². The molecule has 0 saturated heterocycles. The Hall–Kier alpha value is -3.26. The van der Waals surface area contributed by atoms with Crippen LogP contribution in [0.2, 0.25) is 0 Å². The van der Waals surface area contributed by atoms with Gasteiger partial charge in [-0.3, -0.25) is 0 Å². The molecule has 0 heterocycles. The maximum atomic E-state index is 5.52. The second-order valence-corrected chi connectivity index (χ2v) is 14.5. The molecule has 0 aliphatic heterocycles. The van der Waals surface area contributed by atoms with Crippen molar-refractivity contribution in [3.05, 3.63) is 98.6 Å². The van der Waals surface area contributed by atoms with Crippen LogP contribution in [0.4, 0.5) is 11.4 Å². The lowest BCUT2D eigenvalue weighted by molar-refractivity contribution is 0.163. The van der Waals surface area contributed by atoms with Gasteiger partial charge in [0.1, 0.15) is 0 Å². The second-order valence-electron chi connectivity index (χ2n) is 14.5. The van der Waals surface area contributed by atoms with Crippen molar-refractivity contribution in [1.82, 2.24) is 0 Å². The molecular weight excluding hydrogens is 484 g/mol. The summed E-state index contributed by atoms with van der Waals surface area (Å²) in [6.07, 6.45) is 2.55. The van der Waals surface area contributed by atoms with Gasteiger partial charge in [-0.25, -0.2) is 9.98 Å². The number of aliphatic imine (C=N–C) groups is 2. The van der Waals surface area contributed by atoms with E-state index in [0.717, 1.165) is 22.8 Å². The summed E-state index contributed by atoms with van der Waals surface area (Å²) in [6.45, 7) is 27.4. The Morgan fingerprint density at radius 3 is 1.52 bits per heavy atom. The molecule has 0 saturated carbocycles. The molecule has 0 fully saturated rings. The minimum atomic E-state index is 0.101. The van der Waals surface area contributed by atoms with Crippen molar-refractivity contribution in [2.45, 2.75) is 89.0 Å². The number of hydrogen-bond donors (Lipinski definition) is 0. The van der Waals surface area contributed by atoms with E-state index in [4.69, 9.17) is 9.98 Å². The smallest absolute Gasteiger partial charge is 0.0978 e. The molecule has 208 valence electrons. The van der Waals surface area contributed by atoms with Gasteiger partial charge < -0.3 is 0 Å². The minimum absolute atomic E-state index is 0.101. The third kappa shape index (κ3) is 4.80. The predicted octanol–water partition coefficient (Wildman–Crippen LogP) is 10.6. The highest BCUT2D eigenvalue weighted by molar-refractivity contribution is 6.67. The number of benzene rings is 3. The monoisotopic (exact) mass is 530 g/mol. The van der Waals surface area contributed by atoms with Gasteiger partial charge in [0.05, 0.1) is 22.8 Å². The van der Waals surface area contributed by atoms with Gasteiger partial charge in [0.25, 0.3) is 0 Å². The summed E-state index contributed by atoms with van der Waals surface area (Å²) in [5, 5.41) is 0. The van der Waals surface area contributed by atoms with Crippen LogP contribution in [0.5, 0.6) is 0 Å². The molecule has 5 rings (SSSR count). The molecule has 2 atom stereocenters. The Morgan fingerprint density at radius 2 is 1.07 bits per heavy atom. The van der Waals surface area contributed by atoms with E-state index in [2.05, 4.69) is 132 Å². The van der Waals surface area contributed by atoms with Crippen LogP contribution in [-0.2, 0) is 0 Å². The van der Waals surface area contributed by atoms with E-state index < -0.39 is 0 Å². The summed E-state index contributed by atoms with van der Waals surface area (Å²) < 4.78 is 0. The topological polar surface area (TPSA) is 24.7 Å². The van der Waals surface area contributed by atoms with E-state index in [-0.39, 0.29) is 10.8 Å². The predicted molar refractivity (Wildman–Crippen MR) is 174 cm³/mol. The van der Waals surface area contributed by atoms with E-state index in [0.29, 0.717) is 11.8 Å². The van der Waals surface area contributed by atoms with E-state index in [1.54, 1.807) is 0 Å². The number of allylic oxidation sites excluding steroid dienone is 2. The lowest BCUT2D eigenvalue weighted by Gasteiger charge is -2.45. The first-order chi connectivity index (χ1) is 18.6. The first-order valence-electron chi connectivity index (χ1n) is 14.8. The molecule has 3 aromatic carbocycles. The zero-order chi connectivity index (χ0) is 29.3. The van der Waals surface area contributed by atoms with Gasteiger partial charge in [0.15, 0.2) is 0 Å². The standard InChI is InChI=1S/C38H46N2/c1-21-16-23(3)33(24(4)17-21)39-35-28-15-13-14-27-31(28)29(20-30(37(7,8)9)32(27)38(10,11)12)36(35)40-34-25(5)18-22(2)19-26(34)6/h13-20,30,32H,1-12H3/t30-,32-/m0/s1. The van der Waals surface area contributed by atoms with Crippen molar-refractivity contribution in [3.63, 3.8) is 0 Å². The van der Waals surface area contributed by atoms with Crippen LogP contribution in [0.1, 0.15) is 97.5 Å². The first-order valence-corrected chi connectivity index (χ1v) is 14.8. The molecule has 0 aromatic heterocycles. The van der Waals surface area contributed by atoms with E-state index in [9.17, 15) is 0 Å². The quantitative estimate of drug-likeness (QED) is 0.315. The van der Waals surface area contributed by atoms with Gasteiger partial charge >= 0.3 is 0 Å². The Bertz CT molecular complexity index is 1570. The molecule has 2 nitrogen and oxygen atoms in total. The summed E-state index contributed by atoms with van der Waals surface area (Å²) in [4.78, 5) is 11.0. The molecule has 2 aliphatic rings. The van der Waals surface area contributed by atoms with Crippen molar-refractivity contribution in [2.24, 2.45) is 26.7 Å². The highest BCUT2D eigenvalue weighted by Gasteiger charge is 2.46. The zero-order valence-electron chi connectivity index (χ0n) is 26.7. The lowest BCUT2D eigenvalue weighted by Crippen LogP contribution is -2.36. The van der Waals surface area contributed by atoms with E-state index in [1.807, 2.05) is 0 Å². The molecule has 3 aromatic rings. The van der Waals surface area contributed by atoms with Gasteiger partial charge in [-0.1, -0.05) is 101 Å². The highest BCUT2D eigenvalue weighted by Crippen LogP contribution is 2.56. The van der Waals surface area contributed by atoms with Crippen molar-refractivity contribution in [1.29, 1.82) is 0 Å². The van der Waals surface area contributed by atoms with Crippen molar-refractivity contribution in [3.8, 4) is 0 Å². The van der Waals surface area contributed by atoms with E-state index in [1.165, 1.54) is 55.6 Å². The lowest BCUT2D eigenvalue weighted by atomic mass is 9.58. The normalized spacial score (nSPS) is 20.8. The Morgan fingerprint density at radius 1 is 0.600 bits per heavy atom. The summed E-state index contributed by atoms with van der Waals surface area (Å²) in [5.74, 6) is 0.773. The van der Waals surface area contributed by atoms with Crippen molar-refractivity contribution >= 4 is 28.4 Å². The van der Waals surface area contributed by atoms with Gasteiger partial charge in [-0.2, -0.15) is 0 Å². The number of rotatable bonds is 2. The molecule has 0 radical (unpaired) electrons. The highest BCUT2D eigenvalue weighted by atomic mass is 14.9. The third-order valence-electron chi connectivity index (χ3n) is 8.79. The second kappa shape index (κ2) is 9.68. The van der Waals surface area contributed by atoms with E-state index >= 15 is 0 Å². The zero-order valence-corrected chi connectivity index (χ0v) is 26.7. The van der Waals surface area contributed by atoms with Crippen LogP contribution in [-0.4, -0.2) is 11.4 Å². The average molecular weight is 531 g/mol. The molecule has 40 heavy (non-hydrogen) atoms. The van der Waals surface area contributed by atoms with Gasteiger partial charge in [-0.15, -0.1) is 0 Å². The molecular formula is C38H46N2. The van der Waals surface area contributed by atoms with Crippen molar-refractivity contribution < 1.29 is 0 Å². The summed E-state index contributed by atoms with van der Waals surface area (Å²) in [6, 6.07) is 15.8. The first kappa shape index (κ1) is 28.3. The fourth-order valence-electron chi connectivity index (χ4n) is 7.23. The fourth-order valence-corrected chi connectivity index (χ4v) is 7.23. The Balaban J connectivity index is 1.89. The summed E-state index contributed by atoms with van der Waals surface area (Å²) in [7, 11) is 0. The third-order valence-corrected chi connectivity index (χ3v) is 8.79. The molecule has 0 unspecified atom stereocenters. The van der Waals surface area contributed by atoms with Gasteiger partial charge in [-0.05, 0) is 97.6 Å². The molecule has 0 spiro atoms. The maximum Gasteiger partial charge on any atom is 0.0978 e. The molecule has 2 aliphatic carbocycles. The SMILES string of the molecule is Cc1cc(C)c(N=C2C3=C[C@H](C(C)(C)C)[C@@H](C(C)(C)C)c4cccc(c43)C2=Nc2c(C)cc(C)cc2C)c(C)c1. The van der Waals surface area contributed by atoms with Crippen LogP contribution in [0.25, 0.3) is 5.57 Å². The van der Waals surface area contributed by atoms with Crippen LogP contribution < -0.4 is 0 Å². The molecule has 0 bridgehead atoms. The van der Waals surface area contributed by atoms with Crippen molar-refractivity contribution in [2.75, 3.05) is 0 Å². The fraction of sp³-hybridized carbons (Fsp3) is 0.421. The minimum Gasteiger partial charge on any atom is -0.246 e. The number of aryl methyl sites for hydroxylation is 6. The maximum absolute atomic E-state index is 5.52. The Kier molecular flexibility index (Phi) is 6.85. The van der Waals surface area contributed by atoms with Crippen LogP contribution in [0, 0.1) is 58.3 Å². The van der Waals surface area contributed by atoms with Gasteiger partial charge in [0, 0.05) is 11.1 Å². The molecule has 0 N–H and O–H groups in total. The van der Waals surface area contributed by atoms with Gasteiger partial charge in [0.2, 0.25) is 0 Å². The van der Waals surface area contributed by atoms with Crippen LogP contribution in [0.3, 0.4) is 0 Å². The summed E-state index contributed by atoms with van der Waals surface area (Å²) in [5.41, 5.74) is 17.0.